The molecule has 0 aliphatic heterocycles. The van der Waals surface area contributed by atoms with Crippen molar-refractivity contribution >= 4 is 5.82 Å². The van der Waals surface area contributed by atoms with Crippen LogP contribution in [0, 0.1) is 6.92 Å². The molecule has 1 aromatic carbocycles. The zero-order valence-corrected chi connectivity index (χ0v) is 10.8. The highest BCUT2D eigenvalue weighted by Gasteiger charge is 2.07. The summed E-state index contributed by atoms with van der Waals surface area (Å²) in [5.74, 6) is 1.47. The van der Waals surface area contributed by atoms with Gasteiger partial charge in [-0.3, -0.25) is 0 Å². The maximum Gasteiger partial charge on any atom is 0.127 e. The largest absolute Gasteiger partial charge is 0.493 e. The van der Waals surface area contributed by atoms with Crippen molar-refractivity contribution in [1.82, 2.24) is 4.98 Å². The molecule has 18 heavy (non-hydrogen) atoms. The molecule has 1 heterocycles. The number of benzene rings is 1. The van der Waals surface area contributed by atoms with Crippen molar-refractivity contribution < 1.29 is 4.74 Å². The molecule has 0 aliphatic carbocycles. The Hall–Kier alpha value is -2.03. The number of para-hydroxylation sites is 1. The van der Waals surface area contributed by atoms with Gasteiger partial charge in [-0.15, -0.1) is 0 Å². The second kappa shape index (κ2) is 5.54. The van der Waals surface area contributed by atoms with Crippen LogP contribution in [0.2, 0.25) is 0 Å². The van der Waals surface area contributed by atoms with Crippen molar-refractivity contribution in [3.8, 4) is 16.9 Å². The van der Waals surface area contributed by atoms with Gasteiger partial charge in [-0.1, -0.05) is 25.1 Å². The summed E-state index contributed by atoms with van der Waals surface area (Å²) in [6.45, 7) is 4.78. The summed E-state index contributed by atoms with van der Waals surface area (Å²) < 4.78 is 5.75. The molecule has 0 radical (unpaired) electrons. The molecule has 2 N–H and O–H groups in total. The fourth-order valence-corrected chi connectivity index (χ4v) is 1.78. The van der Waals surface area contributed by atoms with Crippen LogP contribution >= 0.6 is 0 Å². The van der Waals surface area contributed by atoms with Crippen LogP contribution in [-0.2, 0) is 0 Å². The van der Waals surface area contributed by atoms with E-state index in [1.165, 1.54) is 0 Å². The van der Waals surface area contributed by atoms with E-state index in [9.17, 15) is 0 Å². The Morgan fingerprint density at radius 1 is 1.28 bits per heavy atom. The van der Waals surface area contributed by atoms with Gasteiger partial charge in [0.2, 0.25) is 0 Å². The first-order valence-corrected chi connectivity index (χ1v) is 6.16. The van der Waals surface area contributed by atoms with Crippen LogP contribution in [0.1, 0.15) is 18.9 Å². The van der Waals surface area contributed by atoms with Crippen LogP contribution < -0.4 is 10.5 Å². The first kappa shape index (κ1) is 12.4. The minimum Gasteiger partial charge on any atom is -0.493 e. The highest BCUT2D eigenvalue weighted by molar-refractivity contribution is 5.71. The van der Waals surface area contributed by atoms with Gasteiger partial charge in [-0.2, -0.15) is 0 Å². The number of pyridine rings is 1. The first-order valence-electron chi connectivity index (χ1n) is 6.16. The molecule has 2 rings (SSSR count). The van der Waals surface area contributed by atoms with Gasteiger partial charge >= 0.3 is 0 Å². The van der Waals surface area contributed by atoms with E-state index in [0.29, 0.717) is 5.82 Å². The predicted octanol–water partition coefficient (Wildman–Crippen LogP) is 3.43. The Morgan fingerprint density at radius 3 is 2.78 bits per heavy atom. The molecule has 3 nitrogen and oxygen atoms in total. The normalized spacial score (nSPS) is 10.3. The molecule has 94 valence electrons. The number of anilines is 1. The van der Waals surface area contributed by atoms with E-state index in [2.05, 4.69) is 11.9 Å². The van der Waals surface area contributed by atoms with Crippen LogP contribution in [0.25, 0.3) is 11.1 Å². The van der Waals surface area contributed by atoms with Crippen LogP contribution in [0.3, 0.4) is 0 Å². The van der Waals surface area contributed by atoms with E-state index < -0.39 is 0 Å². The lowest BCUT2D eigenvalue weighted by Gasteiger charge is -2.11. The zero-order valence-electron chi connectivity index (χ0n) is 10.8. The fraction of sp³-hybridized carbons (Fsp3) is 0.267. The molecular weight excluding hydrogens is 224 g/mol. The van der Waals surface area contributed by atoms with E-state index >= 15 is 0 Å². The van der Waals surface area contributed by atoms with Crippen LogP contribution in [0.15, 0.2) is 36.5 Å². The van der Waals surface area contributed by atoms with Gasteiger partial charge in [0, 0.05) is 17.3 Å². The van der Waals surface area contributed by atoms with E-state index in [0.717, 1.165) is 35.5 Å². The minimum atomic E-state index is 0.575. The predicted molar refractivity (Wildman–Crippen MR) is 74.6 cm³/mol. The molecule has 2 aromatic rings. The van der Waals surface area contributed by atoms with Gasteiger partial charge < -0.3 is 10.5 Å². The lowest BCUT2D eigenvalue weighted by molar-refractivity contribution is 0.318. The fourth-order valence-electron chi connectivity index (χ4n) is 1.78. The molecular formula is C15H18N2O. The quantitative estimate of drug-likeness (QED) is 0.893. The van der Waals surface area contributed by atoms with Crippen LogP contribution in [0.5, 0.6) is 5.75 Å². The number of nitrogens with zero attached hydrogens (tertiary/aromatic N) is 1. The monoisotopic (exact) mass is 242 g/mol. The molecule has 1 aromatic heterocycles. The highest BCUT2D eigenvalue weighted by atomic mass is 16.5. The topological polar surface area (TPSA) is 48.1 Å². The summed E-state index contributed by atoms with van der Waals surface area (Å²) in [4.78, 5) is 4.20. The molecule has 0 amide bonds. The van der Waals surface area contributed by atoms with E-state index in [4.69, 9.17) is 10.5 Å². The number of aromatic nitrogens is 1. The van der Waals surface area contributed by atoms with E-state index in [1.807, 2.05) is 37.3 Å². The summed E-state index contributed by atoms with van der Waals surface area (Å²) in [5.41, 5.74) is 8.82. The van der Waals surface area contributed by atoms with E-state index in [-0.39, 0.29) is 0 Å². The second-order valence-corrected chi connectivity index (χ2v) is 4.27. The number of nitrogens with two attached hydrogens (primary N) is 1. The Morgan fingerprint density at radius 2 is 2.06 bits per heavy atom. The lowest BCUT2D eigenvalue weighted by Crippen LogP contribution is -1.98. The van der Waals surface area contributed by atoms with Crippen molar-refractivity contribution in [3.63, 3.8) is 0 Å². The Labute approximate surface area is 108 Å². The Kier molecular flexibility index (Phi) is 3.82. The van der Waals surface area contributed by atoms with Gasteiger partial charge in [0.1, 0.15) is 11.6 Å². The lowest BCUT2D eigenvalue weighted by atomic mass is 10.0. The van der Waals surface area contributed by atoms with Crippen molar-refractivity contribution in [2.24, 2.45) is 0 Å². The number of ether oxygens (including phenoxy) is 1. The number of rotatable bonds is 4. The highest BCUT2D eigenvalue weighted by Crippen LogP contribution is 2.30. The minimum absolute atomic E-state index is 0.575. The molecule has 3 heteroatoms. The van der Waals surface area contributed by atoms with Gasteiger partial charge in [-0.25, -0.2) is 4.98 Å². The molecule has 0 spiro atoms. The van der Waals surface area contributed by atoms with Gasteiger partial charge in [0.25, 0.3) is 0 Å². The molecule has 0 aliphatic rings. The molecule has 0 saturated carbocycles. The number of hydrogen-bond donors (Lipinski definition) is 1. The number of aryl methyl sites for hydroxylation is 1. The van der Waals surface area contributed by atoms with Gasteiger partial charge in [-0.05, 0) is 31.0 Å². The zero-order chi connectivity index (χ0) is 13.0. The third-order valence-corrected chi connectivity index (χ3v) is 2.78. The maximum atomic E-state index is 5.75. The molecule has 0 atom stereocenters. The maximum absolute atomic E-state index is 5.75. The van der Waals surface area contributed by atoms with Gasteiger partial charge in [0.05, 0.1) is 6.61 Å². The Bertz CT molecular complexity index is 538. The van der Waals surface area contributed by atoms with Crippen LogP contribution in [0.4, 0.5) is 5.82 Å². The van der Waals surface area contributed by atoms with Crippen LogP contribution in [-0.4, -0.2) is 11.6 Å². The first-order chi connectivity index (χ1) is 8.72. The number of nitrogen functional groups attached to an aromatic ring is 1. The molecule has 0 unspecified atom stereocenters. The second-order valence-electron chi connectivity index (χ2n) is 4.27. The average molecular weight is 242 g/mol. The molecule has 0 bridgehead atoms. The van der Waals surface area contributed by atoms with E-state index in [1.54, 1.807) is 6.20 Å². The Balaban J connectivity index is 2.39. The SMILES string of the molecule is CCCOc1ccccc1-c1cnc(N)c(C)c1. The number of hydrogen-bond acceptors (Lipinski definition) is 3. The molecule has 0 saturated heterocycles. The average Bonchev–Trinajstić information content (AvgIpc) is 2.40. The summed E-state index contributed by atoms with van der Waals surface area (Å²) in [6, 6.07) is 10.0. The summed E-state index contributed by atoms with van der Waals surface area (Å²) in [5, 5.41) is 0. The third kappa shape index (κ3) is 2.62. The summed E-state index contributed by atoms with van der Waals surface area (Å²) >= 11 is 0. The van der Waals surface area contributed by atoms with Crippen molar-refractivity contribution in [3.05, 3.63) is 42.1 Å². The third-order valence-electron chi connectivity index (χ3n) is 2.78. The van der Waals surface area contributed by atoms with Crippen molar-refractivity contribution in [2.45, 2.75) is 20.3 Å². The summed E-state index contributed by atoms with van der Waals surface area (Å²) in [7, 11) is 0. The smallest absolute Gasteiger partial charge is 0.127 e. The van der Waals surface area contributed by atoms with Crippen molar-refractivity contribution in [1.29, 1.82) is 0 Å². The standard InChI is InChI=1S/C15H18N2O/c1-3-8-18-14-7-5-4-6-13(14)12-9-11(2)15(16)17-10-12/h4-7,9-10H,3,8H2,1-2H3,(H2,16,17). The molecule has 0 fully saturated rings. The van der Waals surface area contributed by atoms with Gasteiger partial charge in [0.15, 0.2) is 0 Å². The summed E-state index contributed by atoms with van der Waals surface area (Å²) in [6.07, 6.45) is 2.78. The van der Waals surface area contributed by atoms with Crippen molar-refractivity contribution in [2.75, 3.05) is 12.3 Å².